The highest BCUT2D eigenvalue weighted by Gasteiger charge is 2.06. The van der Waals surface area contributed by atoms with Crippen LogP contribution in [0.25, 0.3) is 0 Å². The van der Waals surface area contributed by atoms with Crippen LogP contribution in [0.1, 0.15) is 18.9 Å². The van der Waals surface area contributed by atoms with Crippen molar-refractivity contribution in [2.45, 2.75) is 25.9 Å². The molecule has 0 radical (unpaired) electrons. The molecule has 0 aromatic heterocycles. The van der Waals surface area contributed by atoms with Gasteiger partial charge in [0, 0.05) is 26.1 Å². The minimum absolute atomic E-state index is 0.0240. The van der Waals surface area contributed by atoms with Crippen molar-refractivity contribution in [2.24, 2.45) is 0 Å². The Morgan fingerprint density at radius 1 is 1.50 bits per heavy atom. The predicted octanol–water partition coefficient (Wildman–Crippen LogP) is 1.01. The summed E-state index contributed by atoms with van der Waals surface area (Å²) in [6.07, 6.45) is 0.454. The van der Waals surface area contributed by atoms with Crippen LogP contribution >= 0.6 is 0 Å². The van der Waals surface area contributed by atoms with Crippen molar-refractivity contribution < 1.29 is 9.90 Å². The summed E-state index contributed by atoms with van der Waals surface area (Å²) < 4.78 is 0. The Balaban J connectivity index is 2.37. The number of rotatable bonds is 5. The summed E-state index contributed by atoms with van der Waals surface area (Å²) in [5.41, 5.74) is 1.00. The first-order chi connectivity index (χ1) is 7.61. The van der Waals surface area contributed by atoms with E-state index >= 15 is 0 Å². The highest BCUT2D eigenvalue weighted by atomic mass is 16.3. The van der Waals surface area contributed by atoms with E-state index in [0.717, 1.165) is 5.56 Å². The summed E-state index contributed by atoms with van der Waals surface area (Å²) in [6.45, 7) is 2.60. The van der Waals surface area contributed by atoms with Crippen LogP contribution in [0, 0.1) is 0 Å². The number of carbonyl (C=O) groups is 1. The van der Waals surface area contributed by atoms with Gasteiger partial charge in [-0.3, -0.25) is 4.79 Å². The van der Waals surface area contributed by atoms with Gasteiger partial charge in [-0.15, -0.1) is 0 Å². The summed E-state index contributed by atoms with van der Waals surface area (Å²) in [4.78, 5) is 11.1. The van der Waals surface area contributed by atoms with E-state index in [2.05, 4.69) is 10.6 Å². The van der Waals surface area contributed by atoms with Crippen molar-refractivity contribution >= 4 is 5.91 Å². The quantitative estimate of drug-likeness (QED) is 0.696. The maximum atomic E-state index is 11.1. The van der Waals surface area contributed by atoms with Crippen molar-refractivity contribution in [3.63, 3.8) is 0 Å². The Kier molecular flexibility index (Phi) is 4.79. The molecule has 4 heteroatoms. The highest BCUT2D eigenvalue weighted by Crippen LogP contribution is 2.10. The lowest BCUT2D eigenvalue weighted by Crippen LogP contribution is -2.31. The van der Waals surface area contributed by atoms with Crippen molar-refractivity contribution in [1.29, 1.82) is 0 Å². The van der Waals surface area contributed by atoms with Gasteiger partial charge in [0.25, 0.3) is 0 Å². The van der Waals surface area contributed by atoms with Gasteiger partial charge in [0.05, 0.1) is 0 Å². The smallest absolute Gasteiger partial charge is 0.221 e. The number of carbonyl (C=O) groups excluding carboxylic acids is 1. The molecule has 1 unspecified atom stereocenters. The molecule has 88 valence electrons. The molecule has 1 atom stereocenters. The lowest BCUT2D eigenvalue weighted by Gasteiger charge is -2.12. The minimum Gasteiger partial charge on any atom is -0.508 e. The number of nitrogens with one attached hydrogen (secondary N) is 2. The fourth-order valence-corrected chi connectivity index (χ4v) is 1.41. The Hall–Kier alpha value is -1.55. The fraction of sp³-hybridized carbons (Fsp3) is 0.417. The van der Waals surface area contributed by atoms with Crippen LogP contribution in [0.3, 0.4) is 0 Å². The van der Waals surface area contributed by atoms with Crippen LogP contribution in [0.15, 0.2) is 24.3 Å². The summed E-state index contributed by atoms with van der Waals surface area (Å²) in [7, 11) is 1.63. The van der Waals surface area contributed by atoms with E-state index in [1.54, 1.807) is 25.2 Å². The maximum absolute atomic E-state index is 11.1. The van der Waals surface area contributed by atoms with E-state index in [9.17, 15) is 9.90 Å². The summed E-state index contributed by atoms with van der Waals surface area (Å²) in [5, 5.41) is 15.1. The van der Waals surface area contributed by atoms with Crippen LogP contribution in [0.5, 0.6) is 5.75 Å². The molecule has 0 aliphatic rings. The maximum Gasteiger partial charge on any atom is 0.221 e. The second-order valence-corrected chi connectivity index (χ2v) is 3.83. The van der Waals surface area contributed by atoms with Gasteiger partial charge >= 0.3 is 0 Å². The molecule has 0 saturated heterocycles. The van der Waals surface area contributed by atoms with E-state index in [1.807, 2.05) is 13.0 Å². The SMILES string of the molecule is CNC(=O)CC(C)NCc1cccc(O)c1. The van der Waals surface area contributed by atoms with E-state index in [1.165, 1.54) is 0 Å². The summed E-state index contributed by atoms with van der Waals surface area (Å²) in [5.74, 6) is 0.286. The van der Waals surface area contributed by atoms with Gasteiger partial charge in [-0.1, -0.05) is 12.1 Å². The van der Waals surface area contributed by atoms with E-state index in [-0.39, 0.29) is 17.7 Å². The van der Waals surface area contributed by atoms with Crippen LogP contribution in [-0.4, -0.2) is 24.1 Å². The first kappa shape index (κ1) is 12.5. The fourth-order valence-electron chi connectivity index (χ4n) is 1.41. The molecule has 0 heterocycles. The Morgan fingerprint density at radius 3 is 2.88 bits per heavy atom. The topological polar surface area (TPSA) is 61.4 Å². The normalized spacial score (nSPS) is 12.1. The van der Waals surface area contributed by atoms with Crippen LogP contribution < -0.4 is 10.6 Å². The number of benzene rings is 1. The third-order valence-electron chi connectivity index (χ3n) is 2.34. The van der Waals surface area contributed by atoms with Gasteiger partial charge in [-0.05, 0) is 24.6 Å². The summed E-state index contributed by atoms with van der Waals surface area (Å²) >= 11 is 0. The number of hydrogen-bond donors (Lipinski definition) is 3. The molecule has 3 N–H and O–H groups in total. The molecular weight excluding hydrogens is 204 g/mol. The minimum atomic E-state index is 0.0240. The molecule has 0 aliphatic carbocycles. The van der Waals surface area contributed by atoms with Crippen molar-refractivity contribution in [1.82, 2.24) is 10.6 Å². The Morgan fingerprint density at radius 2 is 2.25 bits per heavy atom. The standard InChI is InChI=1S/C12H18N2O2/c1-9(6-12(16)13-2)14-8-10-4-3-5-11(15)7-10/h3-5,7,9,14-15H,6,8H2,1-2H3,(H,13,16). The monoisotopic (exact) mass is 222 g/mol. The predicted molar refractivity (Wildman–Crippen MR) is 63.1 cm³/mol. The third-order valence-corrected chi connectivity index (χ3v) is 2.34. The van der Waals surface area contributed by atoms with Gasteiger partial charge in [0.2, 0.25) is 5.91 Å². The third kappa shape index (κ3) is 4.31. The van der Waals surface area contributed by atoms with E-state index in [4.69, 9.17) is 0 Å². The Labute approximate surface area is 95.7 Å². The lowest BCUT2D eigenvalue weighted by atomic mass is 10.2. The zero-order valence-electron chi connectivity index (χ0n) is 9.66. The molecule has 16 heavy (non-hydrogen) atoms. The highest BCUT2D eigenvalue weighted by molar-refractivity contribution is 5.76. The molecule has 0 bridgehead atoms. The zero-order valence-corrected chi connectivity index (χ0v) is 9.66. The molecule has 4 nitrogen and oxygen atoms in total. The molecule has 1 aromatic carbocycles. The number of aromatic hydroxyl groups is 1. The van der Waals surface area contributed by atoms with Gasteiger partial charge in [0.15, 0.2) is 0 Å². The van der Waals surface area contributed by atoms with Crippen molar-refractivity contribution in [2.75, 3.05) is 7.05 Å². The van der Waals surface area contributed by atoms with Gasteiger partial charge in [-0.25, -0.2) is 0 Å². The Bertz CT molecular complexity index is 353. The van der Waals surface area contributed by atoms with Crippen molar-refractivity contribution in [3.05, 3.63) is 29.8 Å². The molecule has 0 fully saturated rings. The first-order valence-electron chi connectivity index (χ1n) is 5.33. The number of amides is 1. The van der Waals surface area contributed by atoms with Crippen LogP contribution in [-0.2, 0) is 11.3 Å². The second kappa shape index (κ2) is 6.12. The molecule has 0 spiro atoms. The average molecular weight is 222 g/mol. The number of phenolic OH excluding ortho intramolecular Hbond substituents is 1. The molecule has 1 amide bonds. The number of hydrogen-bond acceptors (Lipinski definition) is 3. The zero-order chi connectivity index (χ0) is 12.0. The molecule has 1 aromatic rings. The van der Waals surface area contributed by atoms with Gasteiger partial charge in [-0.2, -0.15) is 0 Å². The molecule has 1 rings (SSSR count). The number of phenols is 1. The first-order valence-corrected chi connectivity index (χ1v) is 5.33. The van der Waals surface area contributed by atoms with E-state index in [0.29, 0.717) is 13.0 Å². The summed E-state index contributed by atoms with van der Waals surface area (Å²) in [6, 6.07) is 7.19. The second-order valence-electron chi connectivity index (χ2n) is 3.83. The van der Waals surface area contributed by atoms with E-state index < -0.39 is 0 Å². The largest absolute Gasteiger partial charge is 0.508 e. The van der Waals surface area contributed by atoms with Crippen LogP contribution in [0.4, 0.5) is 0 Å². The molecule has 0 saturated carbocycles. The lowest BCUT2D eigenvalue weighted by molar-refractivity contribution is -0.121. The molecular formula is C12H18N2O2. The van der Waals surface area contributed by atoms with Crippen molar-refractivity contribution in [3.8, 4) is 5.75 Å². The average Bonchev–Trinajstić information content (AvgIpc) is 2.26. The molecule has 0 aliphatic heterocycles. The van der Waals surface area contributed by atoms with Gasteiger partial charge in [0.1, 0.15) is 5.75 Å². The van der Waals surface area contributed by atoms with Gasteiger partial charge < -0.3 is 15.7 Å². The van der Waals surface area contributed by atoms with Crippen LogP contribution in [0.2, 0.25) is 0 Å².